The maximum absolute atomic E-state index is 15.2. The summed E-state index contributed by atoms with van der Waals surface area (Å²) in [6, 6.07) is 9.67. The van der Waals surface area contributed by atoms with Crippen LogP contribution in [-0.2, 0) is 24.2 Å². The molecule has 1 unspecified atom stereocenters. The summed E-state index contributed by atoms with van der Waals surface area (Å²) in [6.07, 6.45) is 3.78. The fourth-order valence-electron chi connectivity index (χ4n) is 4.11. The van der Waals surface area contributed by atoms with Crippen LogP contribution in [0.15, 0.2) is 42.7 Å². The first kappa shape index (κ1) is 27.0. The van der Waals surface area contributed by atoms with E-state index in [1.807, 2.05) is 0 Å². The lowest BCUT2D eigenvalue weighted by atomic mass is 10.0. The van der Waals surface area contributed by atoms with Crippen molar-refractivity contribution < 1.29 is 27.1 Å². The largest absolute Gasteiger partial charge is 0.384 e. The first-order valence-electron chi connectivity index (χ1n) is 12.2. The molecular formula is C25H25FN6O5S2. The first-order valence-corrected chi connectivity index (χ1v) is 14.7. The van der Waals surface area contributed by atoms with E-state index in [1.54, 1.807) is 24.3 Å². The lowest BCUT2D eigenvalue weighted by Gasteiger charge is -2.15. The molecule has 1 atom stereocenters. The minimum atomic E-state index is -4.05. The van der Waals surface area contributed by atoms with Crippen LogP contribution >= 0.6 is 11.3 Å². The van der Waals surface area contributed by atoms with Crippen LogP contribution in [0, 0.1) is 11.7 Å². The Morgan fingerprint density at radius 3 is 2.67 bits per heavy atom. The van der Waals surface area contributed by atoms with Crippen LogP contribution in [-0.4, -0.2) is 71.3 Å². The van der Waals surface area contributed by atoms with Gasteiger partial charge in [0.1, 0.15) is 17.2 Å². The minimum Gasteiger partial charge on any atom is -0.384 e. The molecule has 14 heteroatoms. The zero-order valence-corrected chi connectivity index (χ0v) is 22.5. The molecule has 0 radical (unpaired) electrons. The van der Waals surface area contributed by atoms with Crippen LogP contribution in [0.4, 0.5) is 4.39 Å². The van der Waals surface area contributed by atoms with E-state index in [0.29, 0.717) is 33.8 Å². The van der Waals surface area contributed by atoms with E-state index in [-0.39, 0.29) is 29.5 Å². The highest BCUT2D eigenvalue weighted by atomic mass is 32.2. The maximum Gasteiger partial charge on any atom is 0.245 e. The summed E-state index contributed by atoms with van der Waals surface area (Å²) < 4.78 is 48.3. The van der Waals surface area contributed by atoms with Gasteiger partial charge in [0.25, 0.3) is 0 Å². The highest BCUT2D eigenvalue weighted by Gasteiger charge is 2.37. The van der Waals surface area contributed by atoms with Gasteiger partial charge < -0.3 is 10.1 Å². The number of benzene rings is 2. The smallest absolute Gasteiger partial charge is 0.245 e. The average molecular weight is 573 g/mol. The number of carbonyl (C=O) groups is 2. The number of thiazole rings is 1. The molecule has 2 aromatic heterocycles. The summed E-state index contributed by atoms with van der Waals surface area (Å²) in [5.74, 6) is -1.59. The number of ether oxygens (including phenoxy) is 1. The lowest BCUT2D eigenvalue weighted by Crippen LogP contribution is -2.38. The number of hydrogen-bond donors (Lipinski definition) is 1. The number of Topliss-reactive ketones (excluding diaryl/α,β-unsaturated/α-hetero) is 1. The zero-order chi connectivity index (χ0) is 27.6. The average Bonchev–Trinajstić information content (AvgIpc) is 3.38. The molecule has 5 rings (SSSR count). The van der Waals surface area contributed by atoms with E-state index in [0.717, 1.165) is 24.2 Å². The van der Waals surface area contributed by atoms with E-state index >= 15 is 4.39 Å². The van der Waals surface area contributed by atoms with Crippen LogP contribution < -0.4 is 5.32 Å². The Kier molecular flexibility index (Phi) is 7.77. The third-order valence-electron chi connectivity index (χ3n) is 6.35. The molecule has 2 aromatic carbocycles. The summed E-state index contributed by atoms with van der Waals surface area (Å²) in [6.45, 7) is -0.368. The molecule has 1 aliphatic carbocycles. The van der Waals surface area contributed by atoms with Crippen molar-refractivity contribution in [3.05, 3.63) is 53.6 Å². The van der Waals surface area contributed by atoms with E-state index in [9.17, 15) is 18.0 Å². The number of hydrogen-bond acceptors (Lipinski definition) is 10. The van der Waals surface area contributed by atoms with E-state index in [2.05, 4.69) is 25.8 Å². The number of rotatable bonds is 12. The predicted octanol–water partition coefficient (Wildman–Crippen LogP) is 2.67. The number of tetrazole rings is 1. The van der Waals surface area contributed by atoms with Crippen molar-refractivity contribution in [1.82, 2.24) is 30.5 Å². The highest BCUT2D eigenvalue weighted by molar-refractivity contribution is 7.92. The fourth-order valence-corrected chi connectivity index (χ4v) is 7.06. The van der Waals surface area contributed by atoms with Gasteiger partial charge in [0, 0.05) is 19.1 Å². The van der Waals surface area contributed by atoms with Gasteiger partial charge >= 0.3 is 0 Å². The van der Waals surface area contributed by atoms with Gasteiger partial charge in [-0.3, -0.25) is 9.59 Å². The molecule has 1 aliphatic rings. The van der Waals surface area contributed by atoms with Gasteiger partial charge in [0.15, 0.2) is 20.9 Å². The number of fused-ring (bicyclic) bond motifs is 1. The summed E-state index contributed by atoms with van der Waals surface area (Å²) in [7, 11) is -2.69. The van der Waals surface area contributed by atoms with Crippen molar-refractivity contribution in [2.24, 2.45) is 5.92 Å². The van der Waals surface area contributed by atoms with Crippen molar-refractivity contribution >= 4 is 43.1 Å². The Bertz CT molecular complexity index is 1600. The maximum atomic E-state index is 15.2. The number of sulfone groups is 1. The van der Waals surface area contributed by atoms with Gasteiger partial charge in [-0.2, -0.15) is 0 Å². The summed E-state index contributed by atoms with van der Waals surface area (Å²) in [5, 5.41) is 11.8. The molecule has 4 aromatic rings. The topological polar surface area (TPSA) is 146 Å². The number of aromatic nitrogens is 5. The van der Waals surface area contributed by atoms with Crippen molar-refractivity contribution in [2.75, 3.05) is 26.0 Å². The second-order valence-corrected chi connectivity index (χ2v) is 12.6. The van der Waals surface area contributed by atoms with Crippen LogP contribution in [0.1, 0.15) is 29.5 Å². The minimum absolute atomic E-state index is 0.00109. The molecule has 0 bridgehead atoms. The summed E-state index contributed by atoms with van der Waals surface area (Å²) in [5.41, 5.74) is 1.86. The van der Waals surface area contributed by atoms with Gasteiger partial charge in [-0.25, -0.2) is 22.5 Å². The number of nitrogens with zero attached hydrogens (tertiary/aromatic N) is 5. The fraction of sp³-hybridized carbons (Fsp3) is 0.360. The quantitative estimate of drug-likeness (QED) is 0.271. The van der Waals surface area contributed by atoms with Gasteiger partial charge in [-0.05, 0) is 59.0 Å². The number of ketones is 1. The molecule has 0 saturated heterocycles. The molecule has 0 spiro atoms. The van der Waals surface area contributed by atoms with Crippen molar-refractivity contribution in [3.63, 3.8) is 0 Å². The molecule has 204 valence electrons. The van der Waals surface area contributed by atoms with Gasteiger partial charge in [0.05, 0.1) is 34.8 Å². The Labute approximate surface area is 227 Å². The van der Waals surface area contributed by atoms with Crippen LogP contribution in [0.25, 0.3) is 27.0 Å². The van der Waals surface area contributed by atoms with Crippen molar-refractivity contribution in [2.45, 2.75) is 24.5 Å². The van der Waals surface area contributed by atoms with Gasteiger partial charge in [0.2, 0.25) is 5.91 Å². The molecule has 1 fully saturated rings. The Morgan fingerprint density at radius 1 is 1.23 bits per heavy atom. The Morgan fingerprint density at radius 2 is 2.00 bits per heavy atom. The Hall–Kier alpha value is -3.62. The number of amides is 1. The SMILES string of the molecule is COCCS(=O)(=O)C(C(=O)NCC(=O)CC1CC1)c1nc2cc(-c3ccc(-n4cnnn4)cc3)c(F)cc2s1. The molecular weight excluding hydrogens is 547 g/mol. The molecule has 11 nitrogen and oxygen atoms in total. The second-order valence-electron chi connectivity index (χ2n) is 9.30. The standard InChI is InChI=1S/C25H25FN6O5S2/c1-37-8-9-39(35,36)23(24(34)27-13-18(33)10-15-2-3-15)25-29-21-11-19(20(26)12-22(21)38-25)16-4-6-17(7-5-16)32-14-28-30-31-32/h4-7,11-12,14-15,23H,2-3,8-10,13H2,1H3,(H,27,34). The predicted molar refractivity (Wildman–Crippen MR) is 141 cm³/mol. The van der Waals surface area contributed by atoms with E-state index in [4.69, 9.17) is 4.74 Å². The lowest BCUT2D eigenvalue weighted by molar-refractivity contribution is -0.125. The van der Waals surface area contributed by atoms with Gasteiger partial charge in [-0.1, -0.05) is 12.1 Å². The van der Waals surface area contributed by atoms with Crippen LogP contribution in [0.3, 0.4) is 0 Å². The third kappa shape index (κ3) is 6.18. The van der Waals surface area contributed by atoms with Crippen LogP contribution in [0.5, 0.6) is 0 Å². The molecule has 39 heavy (non-hydrogen) atoms. The number of halogens is 1. The van der Waals surface area contributed by atoms with Crippen molar-refractivity contribution in [3.8, 4) is 16.8 Å². The normalized spacial score (nSPS) is 14.4. The monoisotopic (exact) mass is 572 g/mol. The zero-order valence-electron chi connectivity index (χ0n) is 20.9. The number of methoxy groups -OCH3 is 1. The molecule has 1 amide bonds. The van der Waals surface area contributed by atoms with Gasteiger partial charge in [-0.15, -0.1) is 16.4 Å². The molecule has 2 heterocycles. The third-order valence-corrected chi connectivity index (χ3v) is 9.48. The van der Waals surface area contributed by atoms with E-state index < -0.39 is 32.6 Å². The number of carbonyl (C=O) groups excluding carboxylic acids is 2. The first-order chi connectivity index (χ1) is 18.7. The summed E-state index contributed by atoms with van der Waals surface area (Å²) in [4.78, 5) is 29.7. The van der Waals surface area contributed by atoms with E-state index in [1.165, 1.54) is 30.3 Å². The summed E-state index contributed by atoms with van der Waals surface area (Å²) >= 11 is 0.925. The Balaban J connectivity index is 1.44. The second kappa shape index (κ2) is 11.2. The highest BCUT2D eigenvalue weighted by Crippen LogP contribution is 2.36. The van der Waals surface area contributed by atoms with Crippen LogP contribution in [0.2, 0.25) is 0 Å². The van der Waals surface area contributed by atoms with Crippen molar-refractivity contribution in [1.29, 1.82) is 0 Å². The number of nitrogens with one attached hydrogen (secondary N) is 1. The molecule has 0 aliphatic heterocycles. The molecule has 1 saturated carbocycles. The molecule has 1 N–H and O–H groups in total.